The van der Waals surface area contributed by atoms with Gasteiger partial charge in [0.2, 0.25) is 0 Å². The summed E-state index contributed by atoms with van der Waals surface area (Å²) in [4.78, 5) is 32.0. The third-order valence-electron chi connectivity index (χ3n) is 5.29. The summed E-state index contributed by atoms with van der Waals surface area (Å²) >= 11 is 13.1. The second-order valence-electron chi connectivity index (χ2n) is 7.34. The highest BCUT2D eigenvalue weighted by Crippen LogP contribution is 2.44. The number of rotatable bonds is 3. The molecule has 1 amide bonds. The first kappa shape index (κ1) is 21.6. The Bertz CT molecular complexity index is 1450. The van der Waals surface area contributed by atoms with Crippen LogP contribution in [0.25, 0.3) is 16.0 Å². The van der Waals surface area contributed by atoms with Crippen molar-refractivity contribution in [1.82, 2.24) is 4.98 Å². The van der Waals surface area contributed by atoms with Crippen molar-refractivity contribution in [3.63, 3.8) is 0 Å². The van der Waals surface area contributed by atoms with Gasteiger partial charge in [-0.3, -0.25) is 14.5 Å². The van der Waals surface area contributed by atoms with E-state index in [1.165, 1.54) is 23.1 Å². The number of amides is 1. The minimum Gasteiger partial charge on any atom is -0.507 e. The normalized spacial score (nSPS) is 17.8. The molecule has 1 N–H and O–H groups in total. The van der Waals surface area contributed by atoms with Crippen LogP contribution in [0.15, 0.2) is 72.3 Å². The lowest BCUT2D eigenvalue weighted by atomic mass is 9.95. The fraction of sp³-hybridized carbons (Fsp3) is 0.0417. The molecule has 1 atom stereocenters. The number of fused-ring (bicyclic) bond motifs is 1. The minimum atomic E-state index is -0.955. The van der Waals surface area contributed by atoms with E-state index in [1.807, 2.05) is 0 Å². The van der Waals surface area contributed by atoms with E-state index < -0.39 is 23.5 Å². The molecule has 1 aliphatic rings. The number of hydrogen-bond donors (Lipinski definition) is 1. The molecule has 0 aliphatic carbocycles. The predicted molar refractivity (Wildman–Crippen MR) is 127 cm³/mol. The van der Waals surface area contributed by atoms with Gasteiger partial charge in [0.1, 0.15) is 11.6 Å². The number of aromatic nitrogens is 1. The first-order chi connectivity index (χ1) is 15.8. The molecule has 9 heteroatoms. The summed E-state index contributed by atoms with van der Waals surface area (Å²) in [6, 6.07) is 16.0. The van der Waals surface area contributed by atoms with Gasteiger partial charge in [-0.15, -0.1) is 0 Å². The lowest BCUT2D eigenvalue weighted by Gasteiger charge is -2.23. The van der Waals surface area contributed by atoms with Crippen molar-refractivity contribution in [2.75, 3.05) is 4.90 Å². The molecule has 0 radical (unpaired) electrons. The topological polar surface area (TPSA) is 70.5 Å². The Morgan fingerprint density at radius 3 is 2.27 bits per heavy atom. The highest BCUT2D eigenvalue weighted by molar-refractivity contribution is 7.22. The van der Waals surface area contributed by atoms with Crippen LogP contribution in [0.4, 0.5) is 9.52 Å². The minimum absolute atomic E-state index is 0.0879. The monoisotopic (exact) mass is 498 g/mol. The Kier molecular flexibility index (Phi) is 5.40. The standard InChI is InChI=1S/C24H13Cl2FN2O3S/c25-14-5-1-12(2-6-14)20-19(21(30)13-3-7-15(26)8-4-13)22(31)23(32)29(20)24-28-17-10-9-16(27)11-18(17)33-24/h1-11,20,30H/b21-19+/t20-/m1/s1. The maximum absolute atomic E-state index is 13.7. The fourth-order valence-electron chi connectivity index (χ4n) is 3.74. The first-order valence-electron chi connectivity index (χ1n) is 9.72. The van der Waals surface area contributed by atoms with Gasteiger partial charge in [0, 0.05) is 15.6 Å². The molecule has 5 nitrogen and oxygen atoms in total. The van der Waals surface area contributed by atoms with Gasteiger partial charge in [-0.05, 0) is 60.2 Å². The number of hydrogen-bond acceptors (Lipinski definition) is 5. The average Bonchev–Trinajstić information content (AvgIpc) is 3.32. The van der Waals surface area contributed by atoms with Crippen LogP contribution >= 0.6 is 34.5 Å². The van der Waals surface area contributed by atoms with Crippen molar-refractivity contribution >= 4 is 67.3 Å². The Balaban J connectivity index is 1.73. The van der Waals surface area contributed by atoms with Crippen molar-refractivity contribution in [2.24, 2.45) is 0 Å². The van der Waals surface area contributed by atoms with E-state index in [2.05, 4.69) is 4.98 Å². The van der Waals surface area contributed by atoms with Crippen LogP contribution < -0.4 is 4.90 Å². The lowest BCUT2D eigenvalue weighted by Crippen LogP contribution is -2.29. The number of benzene rings is 3. The van der Waals surface area contributed by atoms with Crippen LogP contribution in [0.3, 0.4) is 0 Å². The molecule has 1 aliphatic heterocycles. The highest BCUT2D eigenvalue weighted by Gasteiger charge is 2.48. The molecule has 0 unspecified atom stereocenters. The van der Waals surface area contributed by atoms with E-state index in [-0.39, 0.29) is 16.5 Å². The third kappa shape index (κ3) is 3.78. The van der Waals surface area contributed by atoms with E-state index >= 15 is 0 Å². The predicted octanol–water partition coefficient (Wildman–Crippen LogP) is 6.37. The maximum atomic E-state index is 13.7. The summed E-state index contributed by atoms with van der Waals surface area (Å²) in [7, 11) is 0. The van der Waals surface area contributed by atoms with Crippen LogP contribution in [0, 0.1) is 5.82 Å². The SMILES string of the molecule is O=C1C(=O)N(c2nc3ccc(F)cc3s2)[C@H](c2ccc(Cl)cc2)/C1=C(\O)c1ccc(Cl)cc1. The number of thiazole rings is 1. The molecule has 1 saturated heterocycles. The molecule has 164 valence electrons. The molecule has 5 rings (SSSR count). The van der Waals surface area contributed by atoms with Crippen LogP contribution in [0.5, 0.6) is 0 Å². The molecule has 0 spiro atoms. The van der Waals surface area contributed by atoms with Gasteiger partial charge in [0.15, 0.2) is 5.13 Å². The molecule has 0 saturated carbocycles. The zero-order chi connectivity index (χ0) is 23.3. The highest BCUT2D eigenvalue weighted by atomic mass is 35.5. The van der Waals surface area contributed by atoms with Gasteiger partial charge in [-0.25, -0.2) is 9.37 Å². The van der Waals surface area contributed by atoms with Crippen LogP contribution in [-0.2, 0) is 9.59 Å². The summed E-state index contributed by atoms with van der Waals surface area (Å²) in [5, 5.41) is 12.2. The number of aliphatic hydroxyl groups is 1. The van der Waals surface area contributed by atoms with Gasteiger partial charge in [-0.1, -0.05) is 46.7 Å². The van der Waals surface area contributed by atoms with Gasteiger partial charge < -0.3 is 5.11 Å². The number of anilines is 1. The lowest BCUT2D eigenvalue weighted by molar-refractivity contribution is -0.132. The zero-order valence-corrected chi connectivity index (χ0v) is 19.0. The summed E-state index contributed by atoms with van der Waals surface area (Å²) in [5.41, 5.74) is 1.29. The second kappa shape index (κ2) is 8.26. The molecular formula is C24H13Cl2FN2O3S. The number of carbonyl (C=O) groups is 2. The second-order valence-corrected chi connectivity index (χ2v) is 9.22. The maximum Gasteiger partial charge on any atom is 0.301 e. The van der Waals surface area contributed by atoms with Gasteiger partial charge in [-0.2, -0.15) is 0 Å². The Labute approximate surface area is 201 Å². The van der Waals surface area contributed by atoms with E-state index in [1.54, 1.807) is 48.5 Å². The number of halogens is 3. The number of Topliss-reactive ketones (excluding diaryl/α,β-unsaturated/α-hetero) is 1. The van der Waals surface area contributed by atoms with E-state index in [9.17, 15) is 19.1 Å². The van der Waals surface area contributed by atoms with Crippen molar-refractivity contribution in [2.45, 2.75) is 6.04 Å². The van der Waals surface area contributed by atoms with Crippen LogP contribution in [0.1, 0.15) is 17.2 Å². The summed E-state index contributed by atoms with van der Waals surface area (Å²) in [6.45, 7) is 0. The van der Waals surface area contributed by atoms with Gasteiger partial charge in [0.25, 0.3) is 5.78 Å². The van der Waals surface area contributed by atoms with Gasteiger partial charge in [0.05, 0.1) is 21.8 Å². The molecular weight excluding hydrogens is 486 g/mol. The molecule has 1 fully saturated rings. The van der Waals surface area contributed by atoms with Crippen molar-refractivity contribution in [3.05, 3.63) is 99.3 Å². The molecule has 33 heavy (non-hydrogen) atoms. The number of ketones is 1. The summed E-state index contributed by atoms with van der Waals surface area (Å²) in [6.07, 6.45) is 0. The molecule has 3 aromatic carbocycles. The van der Waals surface area contributed by atoms with Crippen LogP contribution in [-0.4, -0.2) is 21.8 Å². The van der Waals surface area contributed by atoms with E-state index in [0.29, 0.717) is 31.4 Å². The Morgan fingerprint density at radius 2 is 1.61 bits per heavy atom. The fourth-order valence-corrected chi connectivity index (χ4v) is 5.01. The summed E-state index contributed by atoms with van der Waals surface area (Å²) in [5.74, 6) is -2.46. The Morgan fingerprint density at radius 1 is 0.970 bits per heavy atom. The molecule has 4 aromatic rings. The summed E-state index contributed by atoms with van der Waals surface area (Å²) < 4.78 is 14.2. The number of nitrogens with zero attached hydrogens (tertiary/aromatic N) is 2. The quantitative estimate of drug-likeness (QED) is 0.202. The van der Waals surface area contributed by atoms with Crippen molar-refractivity contribution < 1.29 is 19.1 Å². The first-order valence-corrected chi connectivity index (χ1v) is 11.3. The van der Waals surface area contributed by atoms with Crippen molar-refractivity contribution in [3.8, 4) is 0 Å². The molecule has 0 bridgehead atoms. The van der Waals surface area contributed by atoms with E-state index in [0.717, 1.165) is 11.3 Å². The molecule has 1 aromatic heterocycles. The number of aliphatic hydroxyl groups excluding tert-OH is 1. The third-order valence-corrected chi connectivity index (χ3v) is 6.81. The zero-order valence-electron chi connectivity index (χ0n) is 16.6. The smallest absolute Gasteiger partial charge is 0.301 e. The largest absolute Gasteiger partial charge is 0.507 e. The molecule has 2 heterocycles. The number of carbonyl (C=O) groups excluding carboxylic acids is 2. The van der Waals surface area contributed by atoms with E-state index in [4.69, 9.17) is 23.2 Å². The van der Waals surface area contributed by atoms with Gasteiger partial charge >= 0.3 is 5.91 Å². The average molecular weight is 499 g/mol. The van der Waals surface area contributed by atoms with Crippen molar-refractivity contribution in [1.29, 1.82) is 0 Å². The Hall–Kier alpha value is -3.26. The van der Waals surface area contributed by atoms with Crippen LogP contribution in [0.2, 0.25) is 10.0 Å².